The van der Waals surface area contributed by atoms with Crippen molar-refractivity contribution in [2.75, 3.05) is 44.7 Å². The van der Waals surface area contributed by atoms with Crippen molar-refractivity contribution >= 4 is 23.4 Å². The van der Waals surface area contributed by atoms with Gasteiger partial charge in [0.1, 0.15) is 11.9 Å². The Kier molecular flexibility index (Phi) is 7.07. The molecule has 1 aromatic rings. The van der Waals surface area contributed by atoms with Gasteiger partial charge < -0.3 is 20.0 Å². The molecule has 3 amide bonds. The monoisotopic (exact) mass is 418 g/mol. The Balaban J connectivity index is 1.66. The van der Waals surface area contributed by atoms with Gasteiger partial charge in [-0.3, -0.25) is 14.4 Å². The van der Waals surface area contributed by atoms with E-state index in [9.17, 15) is 18.8 Å². The van der Waals surface area contributed by atoms with Crippen LogP contribution in [-0.4, -0.2) is 73.3 Å². The average molecular weight is 419 g/mol. The lowest BCUT2D eigenvalue weighted by molar-refractivity contribution is -0.140. The Morgan fingerprint density at radius 1 is 1.17 bits per heavy atom. The van der Waals surface area contributed by atoms with Crippen LogP contribution in [0.25, 0.3) is 0 Å². The first-order chi connectivity index (χ1) is 14.3. The van der Waals surface area contributed by atoms with Crippen molar-refractivity contribution in [1.29, 1.82) is 0 Å². The molecular weight excluding hydrogens is 387 g/mol. The minimum atomic E-state index is -0.596. The lowest BCUT2D eigenvalue weighted by atomic mass is 9.96. The molecule has 0 spiro atoms. The van der Waals surface area contributed by atoms with E-state index < -0.39 is 12.0 Å². The average Bonchev–Trinajstić information content (AvgIpc) is 3.13. The van der Waals surface area contributed by atoms with E-state index in [2.05, 4.69) is 10.2 Å². The molecule has 2 heterocycles. The molecule has 0 saturated carbocycles. The smallest absolute Gasteiger partial charge is 0.245 e. The van der Waals surface area contributed by atoms with Gasteiger partial charge in [0.15, 0.2) is 0 Å². The van der Waals surface area contributed by atoms with Crippen LogP contribution in [0.15, 0.2) is 24.3 Å². The second-order valence-electron chi connectivity index (χ2n) is 8.38. The van der Waals surface area contributed by atoms with E-state index in [1.54, 1.807) is 0 Å². The number of hydrogen-bond acceptors (Lipinski definition) is 4. The quantitative estimate of drug-likeness (QED) is 0.760. The first kappa shape index (κ1) is 22.2. The van der Waals surface area contributed by atoms with Gasteiger partial charge in [0.2, 0.25) is 17.7 Å². The molecule has 0 aliphatic carbocycles. The van der Waals surface area contributed by atoms with Gasteiger partial charge in [0.05, 0.1) is 5.92 Å². The van der Waals surface area contributed by atoms with Crippen molar-refractivity contribution in [2.24, 2.45) is 11.8 Å². The molecule has 8 heteroatoms. The van der Waals surface area contributed by atoms with E-state index in [0.29, 0.717) is 18.8 Å². The van der Waals surface area contributed by atoms with Gasteiger partial charge in [-0.2, -0.15) is 0 Å². The normalized spacial score (nSPS) is 22.1. The Hall–Kier alpha value is -2.48. The number of amides is 3. The zero-order valence-corrected chi connectivity index (χ0v) is 17.9. The highest BCUT2D eigenvalue weighted by atomic mass is 19.1. The molecule has 2 fully saturated rings. The van der Waals surface area contributed by atoms with Crippen LogP contribution in [0.1, 0.15) is 26.7 Å². The van der Waals surface area contributed by atoms with Crippen molar-refractivity contribution < 1.29 is 18.8 Å². The van der Waals surface area contributed by atoms with Gasteiger partial charge in [-0.15, -0.1) is 0 Å². The highest BCUT2D eigenvalue weighted by Gasteiger charge is 2.38. The molecule has 1 aromatic carbocycles. The van der Waals surface area contributed by atoms with Gasteiger partial charge in [-0.1, -0.05) is 20.3 Å². The Morgan fingerprint density at radius 2 is 1.80 bits per heavy atom. The second kappa shape index (κ2) is 9.55. The topological polar surface area (TPSA) is 73.0 Å². The summed E-state index contributed by atoms with van der Waals surface area (Å²) in [7, 11) is 2.03. The molecule has 1 N–H and O–H groups in total. The number of likely N-dealkylation sites (N-methyl/N-ethyl adjacent to an activating group) is 1. The first-order valence-corrected chi connectivity index (χ1v) is 10.6. The van der Waals surface area contributed by atoms with E-state index in [4.69, 9.17) is 0 Å². The van der Waals surface area contributed by atoms with Crippen LogP contribution in [-0.2, 0) is 14.4 Å². The number of anilines is 1. The van der Waals surface area contributed by atoms with E-state index in [1.807, 2.05) is 25.8 Å². The van der Waals surface area contributed by atoms with Crippen molar-refractivity contribution in [2.45, 2.75) is 32.7 Å². The number of nitrogens with one attached hydrogen (secondary N) is 1. The molecule has 30 heavy (non-hydrogen) atoms. The number of rotatable bonds is 6. The minimum absolute atomic E-state index is 0.00795. The number of piperazine rings is 1. The molecule has 2 aliphatic rings. The third-order valence-electron chi connectivity index (χ3n) is 6.23. The maximum Gasteiger partial charge on any atom is 0.245 e. The predicted molar refractivity (Wildman–Crippen MR) is 112 cm³/mol. The molecule has 7 nitrogen and oxygen atoms in total. The summed E-state index contributed by atoms with van der Waals surface area (Å²) in [5, 5.41) is 2.94. The van der Waals surface area contributed by atoms with Gasteiger partial charge >= 0.3 is 0 Å². The number of hydrogen-bond donors (Lipinski definition) is 1. The molecule has 164 valence electrons. The summed E-state index contributed by atoms with van der Waals surface area (Å²) in [5.74, 6) is -1.42. The molecule has 3 rings (SSSR count). The fourth-order valence-corrected chi connectivity index (χ4v) is 3.93. The second-order valence-corrected chi connectivity index (χ2v) is 8.38. The molecule has 3 unspecified atom stereocenters. The summed E-state index contributed by atoms with van der Waals surface area (Å²) in [5.41, 5.74) is 0.573. The highest BCUT2D eigenvalue weighted by molar-refractivity contribution is 6.01. The highest BCUT2D eigenvalue weighted by Crippen LogP contribution is 2.26. The maximum atomic E-state index is 13.2. The Bertz CT molecular complexity index is 777. The van der Waals surface area contributed by atoms with E-state index in [1.165, 1.54) is 29.2 Å². The summed E-state index contributed by atoms with van der Waals surface area (Å²) >= 11 is 0. The summed E-state index contributed by atoms with van der Waals surface area (Å²) in [6, 6.07) is 5.06. The van der Waals surface area contributed by atoms with Gasteiger partial charge in [-0.05, 0) is 37.2 Å². The minimum Gasteiger partial charge on any atom is -0.344 e. The number of nitrogens with zero attached hydrogens (tertiary/aromatic N) is 3. The molecule has 0 bridgehead atoms. The molecule has 2 saturated heterocycles. The van der Waals surface area contributed by atoms with Crippen molar-refractivity contribution in [3.63, 3.8) is 0 Å². The number of carbonyl (C=O) groups excluding carboxylic acids is 3. The maximum absolute atomic E-state index is 13.2. The van der Waals surface area contributed by atoms with Crippen LogP contribution in [0.3, 0.4) is 0 Å². The summed E-state index contributed by atoms with van der Waals surface area (Å²) in [6.45, 7) is 7.12. The zero-order valence-electron chi connectivity index (χ0n) is 17.9. The standard InChI is InChI=1S/C22H31FN4O3/c1-4-15(2)20(22(30)26-11-9-25(3)10-12-26)24-21(29)16-13-19(28)27(14-16)18-7-5-17(23)6-8-18/h5-8,15-16,20H,4,9-14H2,1-3H3,(H,24,29). The lowest BCUT2D eigenvalue weighted by Gasteiger charge is -2.36. The van der Waals surface area contributed by atoms with Crippen LogP contribution in [0.2, 0.25) is 0 Å². The summed E-state index contributed by atoms with van der Waals surface area (Å²) in [4.78, 5) is 44.0. The first-order valence-electron chi connectivity index (χ1n) is 10.6. The van der Waals surface area contributed by atoms with Gasteiger partial charge in [0, 0.05) is 44.8 Å². The van der Waals surface area contributed by atoms with E-state index in [0.717, 1.165) is 19.5 Å². The molecule has 2 aliphatic heterocycles. The van der Waals surface area contributed by atoms with E-state index in [-0.39, 0.29) is 42.4 Å². The lowest BCUT2D eigenvalue weighted by Crippen LogP contribution is -2.57. The van der Waals surface area contributed by atoms with Crippen molar-refractivity contribution in [3.8, 4) is 0 Å². The van der Waals surface area contributed by atoms with Crippen molar-refractivity contribution in [1.82, 2.24) is 15.1 Å². The molecular formula is C22H31FN4O3. The van der Waals surface area contributed by atoms with Crippen LogP contribution in [0, 0.1) is 17.7 Å². The number of carbonyl (C=O) groups is 3. The third-order valence-corrected chi connectivity index (χ3v) is 6.23. The van der Waals surface area contributed by atoms with Crippen LogP contribution >= 0.6 is 0 Å². The third kappa shape index (κ3) is 4.98. The molecule has 3 atom stereocenters. The Morgan fingerprint density at radius 3 is 2.40 bits per heavy atom. The SMILES string of the molecule is CCC(C)C(NC(=O)C1CC(=O)N(c2ccc(F)cc2)C1)C(=O)N1CCN(C)CC1. The summed E-state index contributed by atoms with van der Waals surface area (Å²) < 4.78 is 13.2. The van der Waals surface area contributed by atoms with E-state index >= 15 is 0 Å². The molecule has 0 aromatic heterocycles. The largest absolute Gasteiger partial charge is 0.344 e. The fourth-order valence-electron chi connectivity index (χ4n) is 3.93. The van der Waals surface area contributed by atoms with Gasteiger partial charge in [0.25, 0.3) is 0 Å². The molecule has 0 radical (unpaired) electrons. The summed E-state index contributed by atoms with van der Waals surface area (Å²) in [6.07, 6.45) is 0.842. The number of benzene rings is 1. The van der Waals surface area contributed by atoms with Gasteiger partial charge in [-0.25, -0.2) is 4.39 Å². The van der Waals surface area contributed by atoms with Crippen LogP contribution < -0.4 is 10.2 Å². The zero-order chi connectivity index (χ0) is 21.8. The van der Waals surface area contributed by atoms with Crippen LogP contribution in [0.5, 0.6) is 0 Å². The van der Waals surface area contributed by atoms with Crippen LogP contribution in [0.4, 0.5) is 10.1 Å². The Labute approximate surface area is 177 Å². The fraction of sp³-hybridized carbons (Fsp3) is 0.591. The number of halogens is 1. The predicted octanol–water partition coefficient (Wildman–Crippen LogP) is 1.48. The van der Waals surface area contributed by atoms with Crippen molar-refractivity contribution in [3.05, 3.63) is 30.1 Å².